The Morgan fingerprint density at radius 1 is 1.26 bits per heavy atom. The summed E-state index contributed by atoms with van der Waals surface area (Å²) < 4.78 is 1.74. The predicted molar refractivity (Wildman–Crippen MR) is 101 cm³/mol. The number of benzene rings is 1. The zero-order valence-corrected chi connectivity index (χ0v) is 15.3. The molecule has 8 nitrogen and oxygen atoms in total. The van der Waals surface area contributed by atoms with Crippen LogP contribution in [-0.4, -0.2) is 51.2 Å². The van der Waals surface area contributed by atoms with Gasteiger partial charge in [-0.1, -0.05) is 6.07 Å². The molecular formula is C19H24N6O2. The number of amides is 2. The first-order valence-corrected chi connectivity index (χ1v) is 9.34. The summed E-state index contributed by atoms with van der Waals surface area (Å²) >= 11 is 0. The Morgan fingerprint density at radius 2 is 2.15 bits per heavy atom. The lowest BCUT2D eigenvalue weighted by Crippen LogP contribution is -2.50. The van der Waals surface area contributed by atoms with Gasteiger partial charge in [-0.3, -0.25) is 15.0 Å². The van der Waals surface area contributed by atoms with E-state index in [1.54, 1.807) is 15.8 Å². The SMILES string of the molecule is CC1CC(C(=O)N2CCCC2C(=O)Nc2cccc(-n3cccn3)c2)NN1. The van der Waals surface area contributed by atoms with Crippen molar-refractivity contribution in [3.05, 3.63) is 42.7 Å². The fourth-order valence-corrected chi connectivity index (χ4v) is 3.75. The van der Waals surface area contributed by atoms with E-state index in [2.05, 4.69) is 21.3 Å². The molecule has 27 heavy (non-hydrogen) atoms. The van der Waals surface area contributed by atoms with Gasteiger partial charge in [-0.2, -0.15) is 5.10 Å². The summed E-state index contributed by atoms with van der Waals surface area (Å²) in [6.45, 7) is 2.65. The van der Waals surface area contributed by atoms with E-state index in [1.807, 2.05) is 43.5 Å². The summed E-state index contributed by atoms with van der Waals surface area (Å²) in [6.07, 6.45) is 5.82. The first-order chi connectivity index (χ1) is 13.1. The molecule has 0 bridgehead atoms. The molecule has 0 spiro atoms. The summed E-state index contributed by atoms with van der Waals surface area (Å²) in [5, 5.41) is 7.17. The normalized spacial score (nSPS) is 24.9. The molecule has 4 rings (SSSR count). The third kappa shape index (κ3) is 3.72. The van der Waals surface area contributed by atoms with Crippen molar-refractivity contribution in [2.75, 3.05) is 11.9 Å². The van der Waals surface area contributed by atoms with Crippen LogP contribution in [0.25, 0.3) is 5.69 Å². The number of nitrogens with one attached hydrogen (secondary N) is 3. The van der Waals surface area contributed by atoms with Crippen molar-refractivity contribution in [3.8, 4) is 5.69 Å². The molecule has 0 aliphatic carbocycles. The predicted octanol–water partition coefficient (Wildman–Crippen LogP) is 1.06. The van der Waals surface area contributed by atoms with Crippen molar-refractivity contribution in [1.82, 2.24) is 25.5 Å². The molecule has 1 aromatic heterocycles. The number of anilines is 1. The molecule has 1 aromatic carbocycles. The van der Waals surface area contributed by atoms with E-state index in [4.69, 9.17) is 0 Å². The first kappa shape index (κ1) is 17.7. The third-order valence-electron chi connectivity index (χ3n) is 5.11. The number of aromatic nitrogens is 2. The van der Waals surface area contributed by atoms with Crippen LogP contribution in [0.3, 0.4) is 0 Å². The van der Waals surface area contributed by atoms with Gasteiger partial charge in [0.1, 0.15) is 12.1 Å². The van der Waals surface area contributed by atoms with Gasteiger partial charge < -0.3 is 10.2 Å². The fraction of sp³-hybridized carbons (Fsp3) is 0.421. The highest BCUT2D eigenvalue weighted by Gasteiger charge is 2.39. The van der Waals surface area contributed by atoms with Gasteiger partial charge in [0.25, 0.3) is 0 Å². The highest BCUT2D eigenvalue weighted by molar-refractivity contribution is 5.98. The smallest absolute Gasteiger partial charge is 0.247 e. The van der Waals surface area contributed by atoms with Crippen LogP contribution in [0, 0.1) is 0 Å². The molecule has 2 aliphatic heterocycles. The number of likely N-dealkylation sites (tertiary alicyclic amines) is 1. The number of hydrogen-bond donors (Lipinski definition) is 3. The minimum atomic E-state index is -0.427. The molecule has 3 heterocycles. The van der Waals surface area contributed by atoms with E-state index in [0.717, 1.165) is 18.5 Å². The molecule has 2 aromatic rings. The second kappa shape index (κ2) is 7.50. The summed E-state index contributed by atoms with van der Waals surface area (Å²) in [5.74, 6) is -0.146. The molecule has 2 aliphatic rings. The van der Waals surface area contributed by atoms with Crippen molar-refractivity contribution in [2.24, 2.45) is 0 Å². The second-order valence-corrected chi connectivity index (χ2v) is 7.16. The van der Waals surface area contributed by atoms with Crippen LogP contribution in [0.15, 0.2) is 42.7 Å². The Balaban J connectivity index is 1.44. The number of rotatable bonds is 4. The molecule has 2 fully saturated rings. The minimum Gasteiger partial charge on any atom is -0.329 e. The number of carbonyl (C=O) groups is 2. The number of hydrogen-bond acceptors (Lipinski definition) is 5. The number of hydrazine groups is 1. The minimum absolute atomic E-state index is 0.00482. The lowest BCUT2D eigenvalue weighted by molar-refractivity contribution is -0.138. The molecule has 0 radical (unpaired) electrons. The molecule has 3 N–H and O–H groups in total. The second-order valence-electron chi connectivity index (χ2n) is 7.16. The highest BCUT2D eigenvalue weighted by atomic mass is 16.2. The Morgan fingerprint density at radius 3 is 2.89 bits per heavy atom. The van der Waals surface area contributed by atoms with Gasteiger partial charge in [0, 0.05) is 30.7 Å². The zero-order chi connectivity index (χ0) is 18.8. The average molecular weight is 368 g/mol. The van der Waals surface area contributed by atoms with Gasteiger partial charge in [0.15, 0.2) is 0 Å². The van der Waals surface area contributed by atoms with Gasteiger partial charge in [0.2, 0.25) is 11.8 Å². The van der Waals surface area contributed by atoms with Gasteiger partial charge >= 0.3 is 0 Å². The maximum Gasteiger partial charge on any atom is 0.247 e. The first-order valence-electron chi connectivity index (χ1n) is 9.34. The van der Waals surface area contributed by atoms with Crippen molar-refractivity contribution >= 4 is 17.5 Å². The molecule has 3 atom stereocenters. The largest absolute Gasteiger partial charge is 0.329 e. The van der Waals surface area contributed by atoms with Crippen LogP contribution in [0.2, 0.25) is 0 Å². The fourth-order valence-electron chi connectivity index (χ4n) is 3.75. The maximum atomic E-state index is 12.8. The number of nitrogens with zero attached hydrogens (tertiary/aromatic N) is 3. The number of carbonyl (C=O) groups excluding carboxylic acids is 2. The van der Waals surface area contributed by atoms with E-state index in [0.29, 0.717) is 18.7 Å². The van der Waals surface area contributed by atoms with Crippen molar-refractivity contribution < 1.29 is 9.59 Å². The third-order valence-corrected chi connectivity index (χ3v) is 5.11. The van der Waals surface area contributed by atoms with Gasteiger partial charge in [-0.25, -0.2) is 10.1 Å². The lowest BCUT2D eigenvalue weighted by atomic mass is 10.1. The summed E-state index contributed by atoms with van der Waals surface area (Å²) in [6, 6.07) is 8.92. The van der Waals surface area contributed by atoms with Crippen LogP contribution < -0.4 is 16.2 Å². The van der Waals surface area contributed by atoms with Crippen molar-refractivity contribution in [1.29, 1.82) is 0 Å². The molecule has 8 heteroatoms. The Hall–Kier alpha value is -2.71. The molecule has 3 unspecified atom stereocenters. The van der Waals surface area contributed by atoms with E-state index in [9.17, 15) is 9.59 Å². The van der Waals surface area contributed by atoms with E-state index >= 15 is 0 Å². The van der Waals surface area contributed by atoms with Crippen LogP contribution in [0.1, 0.15) is 26.2 Å². The quantitative estimate of drug-likeness (QED) is 0.751. The summed E-state index contributed by atoms with van der Waals surface area (Å²) in [7, 11) is 0. The van der Waals surface area contributed by atoms with E-state index < -0.39 is 6.04 Å². The Labute approximate surface area is 157 Å². The van der Waals surface area contributed by atoms with Gasteiger partial charge in [-0.15, -0.1) is 0 Å². The highest BCUT2D eigenvalue weighted by Crippen LogP contribution is 2.22. The Bertz CT molecular complexity index is 821. The molecule has 2 saturated heterocycles. The standard InChI is InChI=1S/C19H24N6O2/c1-13-11-16(23-22-13)19(27)24-9-3-7-17(24)18(26)21-14-5-2-6-15(12-14)25-10-4-8-20-25/h2,4-6,8,10,12-13,16-17,22-23H,3,7,9,11H2,1H3,(H,21,26). The average Bonchev–Trinajstić information content (AvgIpc) is 3.42. The summed E-state index contributed by atoms with van der Waals surface area (Å²) in [4.78, 5) is 27.4. The van der Waals surface area contributed by atoms with Crippen molar-refractivity contribution in [2.45, 2.75) is 44.3 Å². The molecule has 0 saturated carbocycles. The summed E-state index contributed by atoms with van der Waals surface area (Å²) in [5.41, 5.74) is 7.67. The van der Waals surface area contributed by atoms with E-state index in [1.165, 1.54) is 0 Å². The zero-order valence-electron chi connectivity index (χ0n) is 15.3. The molecular weight excluding hydrogens is 344 g/mol. The molecule has 2 amide bonds. The van der Waals surface area contributed by atoms with Crippen LogP contribution in [0.5, 0.6) is 0 Å². The van der Waals surface area contributed by atoms with Gasteiger partial charge in [-0.05, 0) is 50.5 Å². The van der Waals surface area contributed by atoms with Gasteiger partial charge in [0.05, 0.1) is 5.69 Å². The van der Waals surface area contributed by atoms with E-state index in [-0.39, 0.29) is 23.9 Å². The lowest BCUT2D eigenvalue weighted by Gasteiger charge is -2.26. The monoisotopic (exact) mass is 368 g/mol. The molecule has 142 valence electrons. The Kier molecular flexibility index (Phi) is 4.91. The van der Waals surface area contributed by atoms with Crippen molar-refractivity contribution in [3.63, 3.8) is 0 Å². The maximum absolute atomic E-state index is 12.8. The van der Waals surface area contributed by atoms with Crippen LogP contribution in [-0.2, 0) is 9.59 Å². The van der Waals surface area contributed by atoms with Crippen LogP contribution >= 0.6 is 0 Å². The topological polar surface area (TPSA) is 91.3 Å². The van der Waals surface area contributed by atoms with Crippen LogP contribution in [0.4, 0.5) is 5.69 Å².